The molecule has 2 amide bonds. The van der Waals surface area contributed by atoms with Crippen molar-refractivity contribution in [2.75, 3.05) is 4.90 Å². The molecule has 182 valence electrons. The quantitative estimate of drug-likeness (QED) is 0.422. The Labute approximate surface area is 202 Å². The molecule has 2 N–H and O–H groups in total. The summed E-state index contributed by atoms with van der Waals surface area (Å²) in [7, 11) is 1.84. The fraction of sp³-hybridized carbons (Fsp3) is 0.375. The van der Waals surface area contributed by atoms with Gasteiger partial charge in [0.05, 0.1) is 22.9 Å². The summed E-state index contributed by atoms with van der Waals surface area (Å²) in [4.78, 5) is 31.2. The molecule has 0 fully saturated rings. The molecular formula is C24H28N8O3. The Balaban J connectivity index is 1.47. The van der Waals surface area contributed by atoms with Gasteiger partial charge in [-0.25, -0.2) is 9.78 Å². The molecule has 11 nitrogen and oxygen atoms in total. The van der Waals surface area contributed by atoms with E-state index in [0.717, 1.165) is 40.8 Å². The topological polar surface area (TPSA) is 123 Å². The maximum absolute atomic E-state index is 12.9. The predicted molar refractivity (Wildman–Crippen MR) is 129 cm³/mol. The Hall–Kier alpha value is -4.15. The van der Waals surface area contributed by atoms with Crippen molar-refractivity contribution in [3.8, 4) is 0 Å². The van der Waals surface area contributed by atoms with E-state index in [9.17, 15) is 14.7 Å². The summed E-state index contributed by atoms with van der Waals surface area (Å²) >= 11 is 0. The predicted octanol–water partition coefficient (Wildman–Crippen LogP) is 2.34. The summed E-state index contributed by atoms with van der Waals surface area (Å²) in [5, 5.41) is 21.1. The first kappa shape index (κ1) is 22.6. The van der Waals surface area contributed by atoms with Gasteiger partial charge in [0.1, 0.15) is 12.4 Å². The fourth-order valence-electron chi connectivity index (χ4n) is 4.75. The van der Waals surface area contributed by atoms with Crippen molar-refractivity contribution in [2.45, 2.75) is 51.9 Å². The van der Waals surface area contributed by atoms with Crippen molar-refractivity contribution in [3.63, 3.8) is 0 Å². The lowest BCUT2D eigenvalue weighted by Crippen LogP contribution is -2.41. The zero-order valence-corrected chi connectivity index (χ0v) is 19.8. The molecule has 4 aromatic rings. The van der Waals surface area contributed by atoms with Gasteiger partial charge in [-0.2, -0.15) is 10.2 Å². The molecule has 3 aromatic heterocycles. The van der Waals surface area contributed by atoms with Crippen LogP contribution in [-0.4, -0.2) is 52.3 Å². The van der Waals surface area contributed by atoms with Gasteiger partial charge in [0.2, 0.25) is 5.91 Å². The molecule has 5 rings (SSSR count). The molecule has 0 spiro atoms. The highest BCUT2D eigenvalue weighted by atomic mass is 16.4. The molecule has 11 heteroatoms. The molecule has 0 aliphatic carbocycles. The zero-order chi connectivity index (χ0) is 24.5. The number of hydrogen-bond acceptors (Lipinski definition) is 5. The number of hydrogen-bond donors (Lipinski definition) is 2. The van der Waals surface area contributed by atoms with Crippen LogP contribution in [-0.2, 0) is 44.3 Å². The monoisotopic (exact) mass is 476 g/mol. The third kappa shape index (κ3) is 4.48. The Morgan fingerprint density at radius 2 is 2.11 bits per heavy atom. The number of nitrogens with one attached hydrogen (secondary N) is 1. The normalized spacial score (nSPS) is 15.4. The highest BCUT2D eigenvalue weighted by Gasteiger charge is 2.30. The van der Waals surface area contributed by atoms with Crippen molar-refractivity contribution >= 4 is 28.7 Å². The van der Waals surface area contributed by atoms with Gasteiger partial charge in [0.15, 0.2) is 0 Å². The summed E-state index contributed by atoms with van der Waals surface area (Å²) in [6.07, 6.45) is 8.29. The second-order valence-electron chi connectivity index (χ2n) is 8.90. The molecule has 1 atom stereocenters. The molecule has 0 unspecified atom stereocenters. The second kappa shape index (κ2) is 9.24. The molecule has 1 aliphatic heterocycles. The van der Waals surface area contributed by atoms with Crippen molar-refractivity contribution in [1.29, 1.82) is 0 Å². The molecule has 4 heterocycles. The zero-order valence-electron chi connectivity index (χ0n) is 19.8. The van der Waals surface area contributed by atoms with Crippen LogP contribution in [0, 0.1) is 0 Å². The summed E-state index contributed by atoms with van der Waals surface area (Å²) in [6, 6.07) is 5.48. The van der Waals surface area contributed by atoms with E-state index in [-0.39, 0.29) is 18.5 Å². The number of aryl methyl sites for hydroxylation is 4. The van der Waals surface area contributed by atoms with Crippen LogP contribution in [0.2, 0.25) is 0 Å². The minimum absolute atomic E-state index is 0.0999. The van der Waals surface area contributed by atoms with Gasteiger partial charge in [-0.1, -0.05) is 0 Å². The van der Waals surface area contributed by atoms with Crippen molar-refractivity contribution in [3.05, 3.63) is 59.9 Å². The maximum atomic E-state index is 12.9. The van der Waals surface area contributed by atoms with E-state index < -0.39 is 6.09 Å². The lowest BCUT2D eigenvalue weighted by molar-refractivity contribution is -0.121. The first-order chi connectivity index (χ1) is 16.9. The molecule has 1 aromatic carbocycles. The third-order valence-corrected chi connectivity index (χ3v) is 6.47. The fourth-order valence-corrected chi connectivity index (χ4v) is 4.75. The number of carboxylic acid groups (broad SMARTS) is 1. The highest BCUT2D eigenvalue weighted by molar-refractivity contribution is 5.95. The number of aromatic nitrogens is 6. The number of nitrogens with zero attached hydrogens (tertiary/aromatic N) is 7. The van der Waals surface area contributed by atoms with Gasteiger partial charge in [-0.3, -0.25) is 19.1 Å². The number of anilines is 1. The Bertz CT molecular complexity index is 1370. The van der Waals surface area contributed by atoms with Crippen LogP contribution in [0.5, 0.6) is 0 Å². The van der Waals surface area contributed by atoms with Gasteiger partial charge < -0.3 is 15.0 Å². The number of benzene rings is 1. The van der Waals surface area contributed by atoms with Gasteiger partial charge >= 0.3 is 6.09 Å². The van der Waals surface area contributed by atoms with Crippen LogP contribution in [0.1, 0.15) is 30.3 Å². The second-order valence-corrected chi connectivity index (χ2v) is 8.90. The molecule has 0 saturated heterocycles. The van der Waals surface area contributed by atoms with E-state index in [0.29, 0.717) is 25.2 Å². The van der Waals surface area contributed by atoms with E-state index in [2.05, 4.69) is 15.5 Å². The van der Waals surface area contributed by atoms with Gasteiger partial charge in [-0.05, 0) is 38.0 Å². The van der Waals surface area contributed by atoms with Crippen molar-refractivity contribution < 1.29 is 14.7 Å². The lowest BCUT2D eigenvalue weighted by atomic mass is 9.96. The summed E-state index contributed by atoms with van der Waals surface area (Å²) in [6.45, 7) is 3.04. The van der Waals surface area contributed by atoms with Gasteiger partial charge in [0, 0.05) is 62.3 Å². The minimum Gasteiger partial charge on any atom is -0.465 e. The molecule has 0 bridgehead atoms. The molecule has 1 aliphatic rings. The number of amides is 2. The van der Waals surface area contributed by atoms with E-state index in [1.165, 1.54) is 4.90 Å². The van der Waals surface area contributed by atoms with Crippen molar-refractivity contribution in [1.82, 2.24) is 34.4 Å². The summed E-state index contributed by atoms with van der Waals surface area (Å²) in [5.74, 6) is 0.632. The summed E-state index contributed by atoms with van der Waals surface area (Å²) < 4.78 is 5.46. The number of carbonyl (C=O) groups excluding carboxylic acids is 1. The first-order valence-electron chi connectivity index (χ1n) is 11.7. The van der Waals surface area contributed by atoms with Crippen LogP contribution >= 0.6 is 0 Å². The first-order valence-corrected chi connectivity index (χ1v) is 11.7. The van der Waals surface area contributed by atoms with Crippen molar-refractivity contribution in [2.24, 2.45) is 7.05 Å². The van der Waals surface area contributed by atoms with Crippen LogP contribution in [0.3, 0.4) is 0 Å². The van der Waals surface area contributed by atoms with E-state index >= 15 is 0 Å². The molecule has 0 radical (unpaired) electrons. The lowest BCUT2D eigenvalue weighted by Gasteiger charge is -2.33. The van der Waals surface area contributed by atoms with E-state index in [1.54, 1.807) is 17.1 Å². The Morgan fingerprint density at radius 1 is 1.26 bits per heavy atom. The van der Waals surface area contributed by atoms with Crippen LogP contribution in [0.15, 0.2) is 43.0 Å². The smallest absolute Gasteiger partial charge is 0.412 e. The third-order valence-electron chi connectivity index (χ3n) is 6.47. The Kier molecular flexibility index (Phi) is 5.98. The molecular weight excluding hydrogens is 448 g/mol. The SMILES string of the molecule is C[C@H]1CCc2c(ccc3c2nc(CCn2cccn2)n3CC(=O)NCc2cnn(C)c2)N1C(=O)O. The van der Waals surface area contributed by atoms with Gasteiger partial charge in [0.25, 0.3) is 0 Å². The van der Waals surface area contributed by atoms with Crippen LogP contribution in [0.4, 0.5) is 10.5 Å². The highest BCUT2D eigenvalue weighted by Crippen LogP contribution is 2.36. The maximum Gasteiger partial charge on any atom is 0.412 e. The summed E-state index contributed by atoms with van der Waals surface area (Å²) in [5.41, 5.74) is 4.10. The number of imidazole rings is 1. The average Bonchev–Trinajstić information content (AvgIpc) is 3.56. The Morgan fingerprint density at radius 3 is 2.83 bits per heavy atom. The standard InChI is InChI=1S/C24H28N8O3/c1-16-4-5-18-19(32(16)24(34)35)6-7-20-23(18)28-21(8-11-30-10-3-9-26-30)31(20)15-22(33)25-12-17-13-27-29(2)14-17/h3,6-7,9-10,13-14,16H,4-5,8,11-12,15H2,1-2H3,(H,25,33)(H,34,35)/t16-/m0/s1. The number of fused-ring (bicyclic) bond motifs is 3. The van der Waals surface area contributed by atoms with Gasteiger partial charge in [-0.15, -0.1) is 0 Å². The average molecular weight is 477 g/mol. The van der Waals surface area contributed by atoms with Crippen LogP contribution < -0.4 is 10.2 Å². The largest absolute Gasteiger partial charge is 0.465 e. The molecule has 35 heavy (non-hydrogen) atoms. The minimum atomic E-state index is -0.967. The van der Waals surface area contributed by atoms with E-state index in [4.69, 9.17) is 4.98 Å². The molecule has 0 saturated carbocycles. The number of rotatable bonds is 7. The number of carbonyl (C=O) groups is 2. The van der Waals surface area contributed by atoms with E-state index in [1.807, 2.05) is 53.8 Å². The van der Waals surface area contributed by atoms with Crippen LogP contribution in [0.25, 0.3) is 11.0 Å².